The number of hydrogen-bond donors (Lipinski definition) is 0. The molecule has 0 amide bonds. The normalized spacial score (nSPS) is 11.0. The molecule has 6 aromatic carbocycles. The molecule has 0 atom stereocenters. The van der Waals surface area contributed by atoms with Crippen LogP contribution in [0.15, 0.2) is 158 Å². The van der Waals surface area contributed by atoms with Crippen molar-refractivity contribution in [2.24, 2.45) is 0 Å². The minimum atomic E-state index is -1.20. The highest BCUT2D eigenvalue weighted by atomic mass is 28.3. The molecule has 0 aliphatic heterocycles. The minimum absolute atomic E-state index is 1.20. The summed E-state index contributed by atoms with van der Waals surface area (Å²) in [5.41, 5.74) is 0. The molecule has 0 spiro atoms. The van der Waals surface area contributed by atoms with Gasteiger partial charge in [0.15, 0.2) is 8.80 Å². The average Bonchev–Trinajstić information content (AvgIpc) is 2.96. The second-order valence-corrected chi connectivity index (χ2v) is 13.8. The van der Waals surface area contributed by atoms with Gasteiger partial charge in [-0.2, -0.15) is 0 Å². The minimum Gasteiger partial charge on any atom is -0.0624 e. The van der Waals surface area contributed by atoms with E-state index in [1.54, 1.807) is 0 Å². The van der Waals surface area contributed by atoms with Crippen LogP contribution in [0.25, 0.3) is 10.8 Å². The molecule has 0 N–H and O–H groups in total. The largest absolute Gasteiger partial charge is 0.429 e. The van der Waals surface area contributed by atoms with E-state index in [0.29, 0.717) is 0 Å². The molecule has 0 saturated heterocycles. The van der Waals surface area contributed by atoms with Crippen molar-refractivity contribution in [2.45, 2.75) is 0 Å². The van der Waals surface area contributed by atoms with Gasteiger partial charge in [-0.05, 0) is 40.9 Å². The lowest BCUT2D eigenvalue weighted by Crippen LogP contribution is -2.56. The first-order chi connectivity index (χ1) is 17.9. The van der Waals surface area contributed by atoms with E-state index in [1.807, 2.05) is 0 Å². The summed E-state index contributed by atoms with van der Waals surface area (Å²) in [6, 6.07) is 58.2. The summed E-state index contributed by atoms with van der Waals surface area (Å²) in [5, 5.41) is 11.4. The smallest absolute Gasteiger partial charge is 0.0624 e. The fraction of sp³-hybridized carbons (Fsp3) is 0. The molecule has 6 rings (SSSR count). The van der Waals surface area contributed by atoms with E-state index >= 15 is 0 Å². The number of fused-ring (bicyclic) bond motifs is 1. The molecule has 0 heterocycles. The zero-order valence-corrected chi connectivity index (χ0v) is 22.0. The van der Waals surface area contributed by atoms with Crippen LogP contribution in [0.3, 0.4) is 0 Å². The summed E-state index contributed by atoms with van der Waals surface area (Å²) < 4.78 is 0. The van der Waals surface area contributed by atoms with Crippen molar-refractivity contribution in [1.82, 2.24) is 0 Å². The van der Waals surface area contributed by atoms with Crippen LogP contribution in [0.1, 0.15) is 0 Å². The van der Waals surface area contributed by atoms with Crippen LogP contribution in [0.2, 0.25) is 0 Å². The van der Waals surface area contributed by atoms with Gasteiger partial charge in [-0.25, -0.2) is 0 Å². The van der Waals surface area contributed by atoms with Crippen LogP contribution in [-0.4, -0.2) is 17.6 Å². The molecule has 2 heteroatoms. The Morgan fingerprint density at radius 3 is 1.33 bits per heavy atom. The zero-order valence-electron chi connectivity index (χ0n) is 20.0. The highest BCUT2D eigenvalue weighted by Crippen LogP contribution is 2.13. The Labute approximate surface area is 216 Å². The Morgan fingerprint density at radius 1 is 0.389 bits per heavy atom. The van der Waals surface area contributed by atoms with Gasteiger partial charge in [-0.3, -0.25) is 0 Å². The molecule has 0 bridgehead atoms. The van der Waals surface area contributed by atoms with Gasteiger partial charge in [0.05, 0.1) is 0 Å². The fourth-order valence-corrected chi connectivity index (χ4v) is 10.9. The molecule has 6 aromatic rings. The summed E-state index contributed by atoms with van der Waals surface area (Å²) in [7, 11) is -2.41. The maximum Gasteiger partial charge on any atom is 0.429 e. The quantitative estimate of drug-likeness (QED) is 0.246. The molecule has 0 fully saturated rings. The molecule has 0 nitrogen and oxygen atoms in total. The molecule has 1 radical (unpaired) electrons. The predicted molar refractivity (Wildman–Crippen MR) is 159 cm³/mol. The lowest BCUT2D eigenvalue weighted by atomic mass is 10.1. The van der Waals surface area contributed by atoms with Crippen LogP contribution in [0.4, 0.5) is 0 Å². The van der Waals surface area contributed by atoms with Crippen molar-refractivity contribution in [3.8, 4) is 0 Å². The molecule has 0 saturated carbocycles. The second-order valence-electron chi connectivity index (χ2n) is 8.92. The van der Waals surface area contributed by atoms with Crippen LogP contribution < -0.4 is 31.1 Å². The van der Waals surface area contributed by atoms with Crippen LogP contribution >= 0.6 is 0 Å². The highest BCUT2D eigenvalue weighted by molar-refractivity contribution is 7.00. The van der Waals surface area contributed by atoms with E-state index in [1.165, 1.54) is 41.9 Å². The van der Waals surface area contributed by atoms with E-state index in [-0.39, 0.29) is 0 Å². The molecule has 0 aliphatic carbocycles. The summed E-state index contributed by atoms with van der Waals surface area (Å²) in [6.45, 7) is 0. The van der Waals surface area contributed by atoms with Gasteiger partial charge in [-0.1, -0.05) is 138 Å². The van der Waals surface area contributed by atoms with E-state index in [0.717, 1.165) is 0 Å². The van der Waals surface area contributed by atoms with E-state index in [4.69, 9.17) is 0 Å². The van der Waals surface area contributed by atoms with Gasteiger partial charge < -0.3 is 0 Å². The summed E-state index contributed by atoms with van der Waals surface area (Å²) in [5.74, 6) is 0. The van der Waals surface area contributed by atoms with Gasteiger partial charge in [0.1, 0.15) is 15.6 Å². The zero-order chi connectivity index (χ0) is 24.2. The maximum absolute atomic E-state index is 2.38. The Morgan fingerprint density at radius 2 is 0.833 bits per heavy atom. The van der Waals surface area contributed by atoms with Crippen molar-refractivity contribution in [3.05, 3.63) is 158 Å². The van der Waals surface area contributed by atoms with E-state index in [2.05, 4.69) is 158 Å². The van der Waals surface area contributed by atoms with Crippen LogP contribution in [-0.2, 0) is 0 Å². The fourth-order valence-electron chi connectivity index (χ4n) is 5.13. The van der Waals surface area contributed by atoms with Crippen molar-refractivity contribution in [2.75, 3.05) is 0 Å². The predicted octanol–water partition coefficient (Wildman–Crippen LogP) is 3.87. The van der Waals surface area contributed by atoms with Gasteiger partial charge in [-0.15, -0.1) is 0 Å². The molecule has 0 aromatic heterocycles. The van der Waals surface area contributed by atoms with Crippen molar-refractivity contribution < 1.29 is 0 Å². The Kier molecular flexibility index (Phi) is 6.45. The maximum atomic E-state index is 2.38. The van der Waals surface area contributed by atoms with Crippen LogP contribution in [0, 0.1) is 0 Å². The molecular formula is C34H26Si2+. The monoisotopic (exact) mass is 490 g/mol. The van der Waals surface area contributed by atoms with Crippen molar-refractivity contribution >= 4 is 59.5 Å². The summed E-state index contributed by atoms with van der Waals surface area (Å²) in [6.07, 6.45) is 0. The number of benzene rings is 6. The van der Waals surface area contributed by atoms with Crippen molar-refractivity contribution in [1.29, 1.82) is 0 Å². The first-order valence-electron chi connectivity index (χ1n) is 12.4. The average molecular weight is 491 g/mol. The first kappa shape index (κ1) is 22.5. The Hall–Kier alpha value is -3.99. The Bertz CT molecular complexity index is 1370. The molecular weight excluding hydrogens is 465 g/mol. The van der Waals surface area contributed by atoms with Crippen molar-refractivity contribution in [3.63, 3.8) is 0 Å². The SMILES string of the molecule is c1ccc([Si](c2ccccc2)c2cccc3cccc([Si+](c4ccccc4)c4ccccc4)c23)cc1. The molecule has 0 unspecified atom stereocenters. The topological polar surface area (TPSA) is 0 Å². The molecule has 0 aliphatic rings. The summed E-state index contributed by atoms with van der Waals surface area (Å²) >= 11 is 0. The number of rotatable bonds is 6. The lowest BCUT2D eigenvalue weighted by molar-refractivity contribution is 1.72. The molecule has 169 valence electrons. The third-order valence-electron chi connectivity index (χ3n) is 6.69. The Balaban J connectivity index is 1.66. The summed E-state index contributed by atoms with van der Waals surface area (Å²) in [4.78, 5) is 0. The first-order valence-corrected chi connectivity index (χ1v) is 15.4. The van der Waals surface area contributed by atoms with E-state index < -0.39 is 17.6 Å². The van der Waals surface area contributed by atoms with Crippen LogP contribution in [0.5, 0.6) is 0 Å². The molecule has 36 heavy (non-hydrogen) atoms. The third-order valence-corrected chi connectivity index (χ3v) is 12.2. The van der Waals surface area contributed by atoms with Gasteiger partial charge >= 0.3 is 8.80 Å². The standard InChI is InChI=1S/C34H26Si2/c1-5-17-28(18-6-1)35(29-19-7-2-8-20-29)32-25-13-15-27-16-14-26-33(34(27)32)36(30-21-9-3-10-22-30)31-23-11-4-12-24-31/h1-26H/q+1. The third kappa shape index (κ3) is 4.37. The second kappa shape index (κ2) is 10.3. The lowest BCUT2D eigenvalue weighted by Gasteiger charge is -2.20. The van der Waals surface area contributed by atoms with Gasteiger partial charge in [0.25, 0.3) is 0 Å². The van der Waals surface area contributed by atoms with E-state index in [9.17, 15) is 0 Å². The highest BCUT2D eigenvalue weighted by Gasteiger charge is 2.38. The number of hydrogen-bond acceptors (Lipinski definition) is 0. The van der Waals surface area contributed by atoms with Gasteiger partial charge in [0, 0.05) is 5.39 Å². The van der Waals surface area contributed by atoms with Gasteiger partial charge in [0.2, 0.25) is 0 Å².